The fourth-order valence-electron chi connectivity index (χ4n) is 9.08. The van der Waals surface area contributed by atoms with Crippen LogP contribution in [0.3, 0.4) is 0 Å². The van der Waals surface area contributed by atoms with Crippen molar-refractivity contribution in [3.05, 3.63) is 109 Å². The second kappa shape index (κ2) is 59.8. The van der Waals surface area contributed by atoms with E-state index in [1.807, 2.05) is 33.3 Å². The Morgan fingerprint density at radius 2 is 0.790 bits per heavy atom. The summed E-state index contributed by atoms with van der Waals surface area (Å²) in [4.78, 5) is 40.0. The van der Waals surface area contributed by atoms with Gasteiger partial charge in [-0.25, -0.2) is 0 Å². The van der Waals surface area contributed by atoms with Gasteiger partial charge >= 0.3 is 5.97 Å². The maximum atomic E-state index is 13.6. The lowest BCUT2D eigenvalue weighted by Gasteiger charge is -2.30. The van der Waals surface area contributed by atoms with Crippen LogP contribution < -0.4 is 10.2 Å². The molecule has 81 heavy (non-hydrogen) atoms. The Morgan fingerprint density at radius 1 is 0.444 bits per heavy atom. The molecule has 0 aromatic heterocycles. The van der Waals surface area contributed by atoms with E-state index in [0.717, 1.165) is 122 Å². The summed E-state index contributed by atoms with van der Waals surface area (Å²) in [6.45, 7) is 6.68. The van der Waals surface area contributed by atoms with Crippen molar-refractivity contribution in [1.82, 2.24) is 5.32 Å². The summed E-state index contributed by atoms with van der Waals surface area (Å²) in [5.74, 6) is -0.573. The van der Waals surface area contributed by atoms with E-state index in [9.17, 15) is 19.0 Å². The molecule has 0 saturated heterocycles. The molecule has 1 amide bonds. The number of esters is 1. The van der Waals surface area contributed by atoms with Crippen molar-refractivity contribution < 1.29 is 37.3 Å². The smallest absolute Gasteiger partial charge is 0.306 e. The van der Waals surface area contributed by atoms with Crippen molar-refractivity contribution in [2.75, 3.05) is 40.9 Å². The summed E-state index contributed by atoms with van der Waals surface area (Å²) in [6, 6.07) is -0.906. The van der Waals surface area contributed by atoms with Gasteiger partial charge in [-0.15, -0.1) is 0 Å². The van der Waals surface area contributed by atoms with Crippen LogP contribution in [0.15, 0.2) is 109 Å². The fraction of sp³-hybridized carbons (Fsp3) is 0.718. The zero-order valence-corrected chi connectivity index (χ0v) is 54.1. The molecule has 3 unspecified atom stereocenters. The Balaban J connectivity index is 5.10. The average molecular weight is 1150 g/mol. The summed E-state index contributed by atoms with van der Waals surface area (Å²) in [5, 5.41) is 3.03. The van der Waals surface area contributed by atoms with Crippen molar-refractivity contribution in [3.8, 4) is 0 Å². The van der Waals surface area contributed by atoms with Crippen molar-refractivity contribution >= 4 is 19.7 Å². The quantitative estimate of drug-likeness (QED) is 0.0212. The Labute approximate surface area is 500 Å². The van der Waals surface area contributed by atoms with Gasteiger partial charge in [-0.2, -0.15) is 0 Å². The molecule has 0 aromatic carbocycles. The number of hydrogen-bond acceptors (Lipinski definition) is 7. The maximum Gasteiger partial charge on any atom is 0.306 e. The average Bonchev–Trinajstić information content (AvgIpc) is 3.43. The van der Waals surface area contributed by atoms with E-state index < -0.39 is 26.6 Å². The Kier molecular flexibility index (Phi) is 57.4. The fourth-order valence-corrected chi connectivity index (χ4v) is 9.81. The molecule has 0 aliphatic carbocycles. The first kappa shape index (κ1) is 77.7. The van der Waals surface area contributed by atoms with Crippen molar-refractivity contribution in [2.24, 2.45) is 0 Å². The van der Waals surface area contributed by atoms with Gasteiger partial charge < -0.3 is 28.5 Å². The van der Waals surface area contributed by atoms with E-state index in [0.29, 0.717) is 23.9 Å². The second-order valence-corrected chi connectivity index (χ2v) is 24.6. The van der Waals surface area contributed by atoms with Crippen LogP contribution in [-0.4, -0.2) is 69.4 Å². The number of allylic oxidation sites excluding steroid dienone is 17. The molecule has 0 aliphatic rings. The summed E-state index contributed by atoms with van der Waals surface area (Å²) >= 11 is 0. The number of hydrogen-bond donors (Lipinski definition) is 1. The number of phosphoric ester groups is 1. The van der Waals surface area contributed by atoms with Gasteiger partial charge in [0.05, 0.1) is 33.8 Å². The largest absolute Gasteiger partial charge is 0.756 e. The number of rotatable bonds is 59. The molecule has 0 heterocycles. The number of nitrogens with one attached hydrogen (secondary N) is 1. The summed E-state index contributed by atoms with van der Waals surface area (Å²) in [6.07, 6.45) is 82.0. The van der Waals surface area contributed by atoms with Crippen LogP contribution in [-0.2, 0) is 27.9 Å². The maximum absolute atomic E-state index is 13.6. The first-order valence-electron chi connectivity index (χ1n) is 33.2. The van der Waals surface area contributed by atoms with Crippen LogP contribution >= 0.6 is 7.82 Å². The van der Waals surface area contributed by atoms with Gasteiger partial charge in [0, 0.05) is 12.8 Å². The normalized spacial score (nSPS) is 14.3. The van der Waals surface area contributed by atoms with E-state index in [1.54, 1.807) is 0 Å². The summed E-state index contributed by atoms with van der Waals surface area (Å²) in [7, 11) is 1.16. The van der Waals surface area contributed by atoms with Crippen LogP contribution in [0.25, 0.3) is 0 Å². The molecule has 0 radical (unpaired) electrons. The lowest BCUT2D eigenvalue weighted by Crippen LogP contribution is -2.47. The number of amides is 1. The molecule has 0 saturated carbocycles. The summed E-state index contributed by atoms with van der Waals surface area (Å²) < 4.78 is 30.3. The molecule has 1 N–H and O–H groups in total. The third-order valence-electron chi connectivity index (χ3n) is 14.2. The highest BCUT2D eigenvalue weighted by molar-refractivity contribution is 7.45. The number of likely N-dealkylation sites (N-methyl/N-ethyl adjacent to an activating group) is 1. The van der Waals surface area contributed by atoms with E-state index >= 15 is 0 Å². The van der Waals surface area contributed by atoms with Gasteiger partial charge in [0.15, 0.2) is 0 Å². The molecule has 0 bridgehead atoms. The molecular weight excluding hydrogens is 1020 g/mol. The highest BCUT2D eigenvalue weighted by Crippen LogP contribution is 2.38. The van der Waals surface area contributed by atoms with Gasteiger partial charge in [0.2, 0.25) is 5.91 Å². The lowest BCUT2D eigenvalue weighted by atomic mass is 10.0. The van der Waals surface area contributed by atoms with Crippen LogP contribution in [0, 0.1) is 0 Å². The minimum absolute atomic E-state index is 0.0314. The number of unbranched alkanes of at least 4 members (excludes halogenated alkanes) is 27. The van der Waals surface area contributed by atoms with E-state index in [1.165, 1.54) is 116 Å². The topological polar surface area (TPSA) is 114 Å². The number of nitrogens with zero attached hydrogens (tertiary/aromatic N) is 1. The first-order valence-corrected chi connectivity index (χ1v) is 34.7. The van der Waals surface area contributed by atoms with Crippen LogP contribution in [0.2, 0.25) is 0 Å². The van der Waals surface area contributed by atoms with Crippen LogP contribution in [0.4, 0.5) is 0 Å². The molecule has 0 aromatic rings. The highest BCUT2D eigenvalue weighted by atomic mass is 31.2. The molecule has 0 spiro atoms. The molecule has 0 fully saturated rings. The zero-order chi connectivity index (χ0) is 59.3. The van der Waals surface area contributed by atoms with Crippen molar-refractivity contribution in [2.45, 2.75) is 290 Å². The van der Waals surface area contributed by atoms with E-state index in [4.69, 9.17) is 13.8 Å². The van der Waals surface area contributed by atoms with E-state index in [2.05, 4.69) is 123 Å². The van der Waals surface area contributed by atoms with Gasteiger partial charge in [-0.1, -0.05) is 259 Å². The van der Waals surface area contributed by atoms with Gasteiger partial charge in [0.25, 0.3) is 7.82 Å². The third-order valence-corrected chi connectivity index (χ3v) is 15.2. The standard InChI is InChI=1S/C71H125N2O7P/c1-7-10-13-16-19-22-25-27-29-31-32-33-34-35-36-37-38-39-40-42-43-45-48-51-54-57-60-63-70(74)72-68(67-79-81(76,77)78-66-65-73(4,5)6)69(62-59-56-53-50-47-24-21-18-15-12-9-3)80-71(75)64-61-58-55-52-49-46-44-41-30-28-26-23-20-17-14-11-8-2/h10,13,19-20,22-23,27-30,32-33,35-36,44,46,59,62,68-69H,7-9,11-12,14-18,21,24-26,31,34,37-43,45,47-58,60-61,63-67H2,1-6H3,(H-,72,74,76,77)/b13-10-,22-19-,23-20-,29-27-,30-28-,33-32-,36-35-,46-44-,62-59-. The molecule has 10 heteroatoms. The molecule has 0 rings (SSSR count). The number of quaternary nitrogens is 1. The molecule has 9 nitrogen and oxygen atoms in total. The molecule has 3 atom stereocenters. The number of ether oxygens (including phenoxy) is 1. The van der Waals surface area contributed by atoms with Crippen LogP contribution in [0.1, 0.15) is 278 Å². The van der Waals surface area contributed by atoms with Gasteiger partial charge in [0.1, 0.15) is 19.3 Å². The highest BCUT2D eigenvalue weighted by Gasteiger charge is 2.27. The first-order chi connectivity index (χ1) is 39.4. The predicted molar refractivity (Wildman–Crippen MR) is 348 cm³/mol. The lowest BCUT2D eigenvalue weighted by molar-refractivity contribution is -0.870. The SMILES string of the molecule is CC/C=C\C/C=C\C/C=C\C/C=C\C/C=C\CCCCCCCCCCCCCC(=O)NC(COP(=O)([O-])OCC[N+](C)(C)C)C(/C=C\CCCCCCCCCCC)OC(=O)CCCCCC/C=C\C/C=C\C/C=C\CCCCC. The Hall–Kier alpha value is -3.33. The number of carbonyl (C=O) groups is 2. The second-order valence-electron chi connectivity index (χ2n) is 23.2. The monoisotopic (exact) mass is 1150 g/mol. The minimum Gasteiger partial charge on any atom is -0.756 e. The Morgan fingerprint density at radius 3 is 1.21 bits per heavy atom. The number of carbonyl (C=O) groups excluding carboxylic acids is 2. The van der Waals surface area contributed by atoms with Crippen molar-refractivity contribution in [1.29, 1.82) is 0 Å². The van der Waals surface area contributed by atoms with Gasteiger partial charge in [-0.05, 0) is 115 Å². The molecular formula is C71H125N2O7P. The van der Waals surface area contributed by atoms with Crippen molar-refractivity contribution in [3.63, 3.8) is 0 Å². The third kappa shape index (κ3) is 61.1. The Bertz CT molecular complexity index is 1750. The predicted octanol–water partition coefficient (Wildman–Crippen LogP) is 20.3. The van der Waals surface area contributed by atoms with Crippen LogP contribution in [0.5, 0.6) is 0 Å². The zero-order valence-electron chi connectivity index (χ0n) is 53.2. The molecule has 466 valence electrons. The minimum atomic E-state index is -4.71. The van der Waals surface area contributed by atoms with E-state index in [-0.39, 0.29) is 24.9 Å². The number of phosphoric acid groups is 1. The summed E-state index contributed by atoms with van der Waals surface area (Å²) in [5.41, 5.74) is 0. The molecule has 0 aliphatic heterocycles. The van der Waals surface area contributed by atoms with Gasteiger partial charge in [-0.3, -0.25) is 14.2 Å².